The van der Waals surface area contributed by atoms with E-state index in [9.17, 15) is 4.79 Å². The number of fused-ring (bicyclic) bond motifs is 1. The summed E-state index contributed by atoms with van der Waals surface area (Å²) >= 11 is 0. The average Bonchev–Trinajstić information content (AvgIpc) is 3.27. The zero-order valence-electron chi connectivity index (χ0n) is 23.2. The summed E-state index contributed by atoms with van der Waals surface area (Å²) in [6.45, 7) is 4.63. The van der Waals surface area contributed by atoms with E-state index in [0.717, 1.165) is 36.6 Å². The van der Waals surface area contributed by atoms with Crippen molar-refractivity contribution in [1.82, 2.24) is 4.90 Å². The van der Waals surface area contributed by atoms with E-state index in [0.29, 0.717) is 17.1 Å². The van der Waals surface area contributed by atoms with Crippen molar-refractivity contribution in [2.45, 2.75) is 32.6 Å². The van der Waals surface area contributed by atoms with Gasteiger partial charge in [-0.05, 0) is 47.9 Å². The highest BCUT2D eigenvalue weighted by molar-refractivity contribution is 6.31. The van der Waals surface area contributed by atoms with E-state index in [4.69, 9.17) is 9.47 Å². The molecule has 0 bridgehead atoms. The minimum Gasteiger partial charge on any atom is -0.493 e. The van der Waals surface area contributed by atoms with Crippen LogP contribution in [-0.4, -0.2) is 31.1 Å². The van der Waals surface area contributed by atoms with E-state index in [1.54, 1.807) is 20.3 Å². The van der Waals surface area contributed by atoms with E-state index in [1.165, 1.54) is 16.7 Å². The molecule has 0 aromatic heterocycles. The lowest BCUT2D eigenvalue weighted by molar-refractivity contribution is -0.110. The Hall–Kier alpha value is -4.55. The molecule has 0 fully saturated rings. The number of methoxy groups -OCH3 is 2. The zero-order chi connectivity index (χ0) is 27.9. The third kappa shape index (κ3) is 6.53. The number of carbonyl (C=O) groups excluding carboxylic acids is 1. The molecular formula is C34H35N3O3. The van der Waals surface area contributed by atoms with E-state index >= 15 is 0 Å². The predicted octanol–water partition coefficient (Wildman–Crippen LogP) is 6.74. The van der Waals surface area contributed by atoms with Crippen LogP contribution >= 0.6 is 0 Å². The number of hydrogen-bond acceptors (Lipinski definition) is 5. The molecule has 6 nitrogen and oxygen atoms in total. The van der Waals surface area contributed by atoms with Crippen LogP contribution in [0, 0.1) is 0 Å². The maximum absolute atomic E-state index is 12.7. The lowest BCUT2D eigenvalue weighted by Crippen LogP contribution is -2.22. The molecule has 1 aliphatic rings. The van der Waals surface area contributed by atoms with Gasteiger partial charge in [0.15, 0.2) is 11.5 Å². The van der Waals surface area contributed by atoms with Crippen molar-refractivity contribution < 1.29 is 14.3 Å². The zero-order valence-corrected chi connectivity index (χ0v) is 23.2. The van der Waals surface area contributed by atoms with Crippen LogP contribution in [0.2, 0.25) is 0 Å². The minimum absolute atomic E-state index is 0.0710. The number of nitrogens with one attached hydrogen (secondary N) is 2. The molecule has 0 radical (unpaired) electrons. The summed E-state index contributed by atoms with van der Waals surface area (Å²) in [5, 5.41) is 6.43. The summed E-state index contributed by atoms with van der Waals surface area (Å²) in [5.74, 6) is 1.04. The molecule has 1 heterocycles. The fourth-order valence-electron chi connectivity index (χ4n) is 5.05. The Morgan fingerprint density at radius 1 is 0.775 bits per heavy atom. The normalized spacial score (nSPS) is 14.1. The van der Waals surface area contributed by atoms with Crippen molar-refractivity contribution in [2.24, 2.45) is 0 Å². The molecule has 1 unspecified atom stereocenters. The van der Waals surface area contributed by atoms with Crippen molar-refractivity contribution >= 4 is 22.9 Å². The van der Waals surface area contributed by atoms with Gasteiger partial charge >= 0.3 is 0 Å². The van der Waals surface area contributed by atoms with Crippen molar-refractivity contribution in [1.29, 1.82) is 0 Å². The standard InChI is InChI=1S/C34H35N3O3/c1-24(18-30-29-19-32(39-2)33(40-3)20-31(29)36-34(30)38)35-28-16-14-27(15-17-28)23-37(21-25-10-6-4-7-11-25)22-26-12-8-5-9-13-26/h4-20,24,35H,21-23H2,1-3H3,(H,36,38). The summed E-state index contributed by atoms with van der Waals surface area (Å²) in [6.07, 6.45) is 1.95. The fourth-order valence-corrected chi connectivity index (χ4v) is 5.05. The van der Waals surface area contributed by atoms with E-state index in [-0.39, 0.29) is 11.9 Å². The summed E-state index contributed by atoms with van der Waals surface area (Å²) in [6, 6.07) is 33.3. The number of ether oxygens (including phenoxy) is 2. The topological polar surface area (TPSA) is 62.8 Å². The third-order valence-corrected chi connectivity index (χ3v) is 6.98. The number of carbonyl (C=O) groups is 1. The summed E-state index contributed by atoms with van der Waals surface area (Å²) in [5.41, 5.74) is 6.99. The van der Waals surface area contributed by atoms with Gasteiger partial charge in [0.25, 0.3) is 5.91 Å². The van der Waals surface area contributed by atoms with Gasteiger partial charge < -0.3 is 20.1 Å². The highest BCUT2D eigenvalue weighted by atomic mass is 16.5. The summed E-state index contributed by atoms with van der Waals surface area (Å²) in [7, 11) is 3.17. The second-order valence-corrected chi connectivity index (χ2v) is 10.0. The van der Waals surface area contributed by atoms with Crippen LogP contribution in [0.25, 0.3) is 5.57 Å². The fraction of sp³-hybridized carbons (Fsp3) is 0.206. The Morgan fingerprint density at radius 2 is 1.30 bits per heavy atom. The molecule has 0 saturated carbocycles. The van der Waals surface area contributed by atoms with Gasteiger partial charge in [0.1, 0.15) is 0 Å². The van der Waals surface area contributed by atoms with E-state index in [1.807, 2.05) is 19.1 Å². The molecule has 40 heavy (non-hydrogen) atoms. The summed E-state index contributed by atoms with van der Waals surface area (Å²) < 4.78 is 10.8. The number of anilines is 2. The Balaban J connectivity index is 1.27. The lowest BCUT2D eigenvalue weighted by atomic mass is 10.0. The molecule has 1 amide bonds. The van der Waals surface area contributed by atoms with Gasteiger partial charge in [0.05, 0.1) is 19.9 Å². The lowest BCUT2D eigenvalue weighted by Gasteiger charge is -2.23. The SMILES string of the molecule is COc1cc2c(cc1OC)C(=CC(C)Nc1ccc(CN(Cc3ccccc3)Cc3ccccc3)cc1)C(=O)N2. The Kier molecular flexibility index (Phi) is 8.47. The molecule has 204 valence electrons. The molecule has 2 N–H and O–H groups in total. The number of benzene rings is 4. The number of amides is 1. The average molecular weight is 534 g/mol. The van der Waals surface area contributed by atoms with E-state index < -0.39 is 0 Å². The smallest absolute Gasteiger partial charge is 0.256 e. The van der Waals surface area contributed by atoms with Gasteiger partial charge in [0.2, 0.25) is 0 Å². The first-order chi connectivity index (χ1) is 19.5. The monoisotopic (exact) mass is 533 g/mol. The summed E-state index contributed by atoms with van der Waals surface area (Å²) in [4.78, 5) is 15.2. The predicted molar refractivity (Wildman–Crippen MR) is 162 cm³/mol. The maximum atomic E-state index is 12.7. The molecule has 5 rings (SSSR count). The minimum atomic E-state index is -0.133. The molecule has 1 atom stereocenters. The van der Waals surface area contributed by atoms with Crippen molar-refractivity contribution in [3.8, 4) is 11.5 Å². The first-order valence-electron chi connectivity index (χ1n) is 13.5. The highest BCUT2D eigenvalue weighted by Gasteiger charge is 2.27. The van der Waals surface area contributed by atoms with E-state index in [2.05, 4.69) is 100 Å². The molecule has 0 saturated heterocycles. The highest BCUT2D eigenvalue weighted by Crippen LogP contribution is 2.40. The van der Waals surface area contributed by atoms with Gasteiger partial charge in [-0.2, -0.15) is 0 Å². The number of hydrogen-bond donors (Lipinski definition) is 2. The Bertz CT molecular complexity index is 1430. The van der Waals surface area contributed by atoms with Gasteiger partial charge in [0, 0.05) is 48.6 Å². The molecule has 1 aliphatic heterocycles. The maximum Gasteiger partial charge on any atom is 0.256 e. The number of nitrogens with zero attached hydrogens (tertiary/aromatic N) is 1. The molecule has 0 spiro atoms. The Labute approximate surface area is 236 Å². The van der Waals surface area contributed by atoms with Crippen molar-refractivity contribution in [3.05, 3.63) is 125 Å². The van der Waals surface area contributed by atoms with Crippen molar-refractivity contribution in [3.63, 3.8) is 0 Å². The number of rotatable bonds is 11. The van der Waals surface area contributed by atoms with Crippen LogP contribution in [-0.2, 0) is 24.4 Å². The second kappa shape index (κ2) is 12.5. The molecular weight excluding hydrogens is 498 g/mol. The van der Waals surface area contributed by atoms with Crippen LogP contribution in [0.1, 0.15) is 29.2 Å². The molecule has 6 heteroatoms. The first kappa shape index (κ1) is 27.0. The quantitative estimate of drug-likeness (QED) is 0.209. The third-order valence-electron chi connectivity index (χ3n) is 6.98. The van der Waals surface area contributed by atoms with Crippen LogP contribution in [0.4, 0.5) is 11.4 Å². The molecule has 4 aromatic rings. The molecule has 0 aliphatic carbocycles. The largest absolute Gasteiger partial charge is 0.493 e. The molecule has 4 aromatic carbocycles. The van der Waals surface area contributed by atoms with Gasteiger partial charge in [-0.1, -0.05) is 72.8 Å². The van der Waals surface area contributed by atoms with Gasteiger partial charge in [-0.15, -0.1) is 0 Å². The second-order valence-electron chi connectivity index (χ2n) is 10.0. The van der Waals surface area contributed by atoms with Crippen LogP contribution < -0.4 is 20.1 Å². The van der Waals surface area contributed by atoms with Crippen molar-refractivity contribution in [2.75, 3.05) is 24.9 Å². The van der Waals surface area contributed by atoms with Crippen LogP contribution in [0.3, 0.4) is 0 Å². The van der Waals surface area contributed by atoms with Crippen LogP contribution in [0.15, 0.2) is 103 Å². The van der Waals surface area contributed by atoms with Gasteiger partial charge in [-0.3, -0.25) is 9.69 Å². The Morgan fingerprint density at radius 3 is 1.85 bits per heavy atom. The van der Waals surface area contributed by atoms with Crippen LogP contribution in [0.5, 0.6) is 11.5 Å². The van der Waals surface area contributed by atoms with Gasteiger partial charge in [-0.25, -0.2) is 0 Å². The first-order valence-corrected chi connectivity index (χ1v) is 13.5.